The van der Waals surface area contributed by atoms with Crippen LogP contribution in [-0.4, -0.2) is 11.8 Å². The van der Waals surface area contributed by atoms with E-state index in [9.17, 15) is 4.79 Å². The summed E-state index contributed by atoms with van der Waals surface area (Å²) >= 11 is 5.90. The van der Waals surface area contributed by atoms with E-state index < -0.39 is 5.41 Å². The molecule has 110 valence electrons. The van der Waals surface area contributed by atoms with E-state index in [-0.39, 0.29) is 17.8 Å². The largest absolute Gasteiger partial charge is 0.345 e. The third-order valence-corrected chi connectivity index (χ3v) is 4.16. The fourth-order valence-electron chi connectivity index (χ4n) is 2.04. The van der Waals surface area contributed by atoms with Gasteiger partial charge < -0.3 is 5.32 Å². The maximum absolute atomic E-state index is 12.5. The lowest BCUT2D eigenvalue weighted by Gasteiger charge is -2.26. The maximum Gasteiger partial charge on any atom is 0.227 e. The van der Waals surface area contributed by atoms with E-state index in [0.29, 0.717) is 0 Å². The van der Waals surface area contributed by atoms with Crippen LogP contribution < -0.4 is 5.32 Å². The summed E-state index contributed by atoms with van der Waals surface area (Å²) in [6.45, 7) is 3.70. The summed E-state index contributed by atoms with van der Waals surface area (Å²) in [5.41, 5.74) is 1.52. The molecule has 0 aliphatic heterocycles. The van der Waals surface area contributed by atoms with E-state index in [1.807, 2.05) is 74.5 Å². The van der Waals surface area contributed by atoms with Gasteiger partial charge >= 0.3 is 0 Å². The van der Waals surface area contributed by atoms with Crippen LogP contribution in [0.5, 0.6) is 0 Å². The monoisotopic (exact) mass is 301 g/mol. The normalized spacial score (nSPS) is 11.4. The van der Waals surface area contributed by atoms with E-state index in [2.05, 4.69) is 5.32 Å². The van der Waals surface area contributed by atoms with E-state index in [4.69, 9.17) is 11.6 Å². The highest BCUT2D eigenvalue weighted by Crippen LogP contribution is 2.25. The third-order valence-electron chi connectivity index (χ3n) is 3.49. The average Bonchev–Trinajstić information content (AvgIpc) is 2.54. The minimum atomic E-state index is -0.594. The standard InChI is InChI=1S/C18H20ClNO/c1-18(2,13-19)17(21)20-16(14-9-5-3-6-10-14)15-11-7-4-8-12-15/h3-12,16H,13H2,1-2H3,(H,20,21). The van der Waals surface area contributed by atoms with Crippen LogP contribution in [0.4, 0.5) is 0 Å². The lowest BCUT2D eigenvalue weighted by Crippen LogP contribution is -2.40. The molecule has 3 heteroatoms. The lowest BCUT2D eigenvalue weighted by atomic mass is 9.92. The van der Waals surface area contributed by atoms with Crippen molar-refractivity contribution in [3.63, 3.8) is 0 Å². The minimum absolute atomic E-state index is 0.0461. The highest BCUT2D eigenvalue weighted by molar-refractivity contribution is 6.19. The van der Waals surface area contributed by atoms with Crippen LogP contribution in [0.3, 0.4) is 0 Å². The number of nitrogens with one attached hydrogen (secondary N) is 1. The van der Waals surface area contributed by atoms with Crippen molar-refractivity contribution in [2.45, 2.75) is 19.9 Å². The van der Waals surface area contributed by atoms with Gasteiger partial charge in [-0.2, -0.15) is 0 Å². The number of rotatable bonds is 5. The third kappa shape index (κ3) is 3.85. The molecular formula is C18H20ClNO. The molecule has 0 fully saturated rings. The van der Waals surface area contributed by atoms with Gasteiger partial charge in [0.15, 0.2) is 0 Å². The molecule has 0 aromatic heterocycles. The number of hydrogen-bond acceptors (Lipinski definition) is 1. The predicted octanol–water partition coefficient (Wildman–Crippen LogP) is 4.16. The van der Waals surface area contributed by atoms with Crippen LogP contribution in [0.1, 0.15) is 31.0 Å². The molecule has 2 aromatic rings. The number of carbonyl (C=O) groups is 1. The van der Waals surface area contributed by atoms with Crippen LogP contribution in [-0.2, 0) is 4.79 Å². The van der Waals surface area contributed by atoms with Crippen molar-refractivity contribution in [1.82, 2.24) is 5.32 Å². The molecule has 0 saturated heterocycles. The second-order valence-electron chi connectivity index (χ2n) is 5.75. The smallest absolute Gasteiger partial charge is 0.227 e. The SMILES string of the molecule is CC(C)(CCl)C(=O)NC(c1ccccc1)c1ccccc1. The van der Waals surface area contributed by atoms with Crippen molar-refractivity contribution in [2.24, 2.45) is 5.41 Å². The Kier molecular flexibility index (Phi) is 5.03. The number of carbonyl (C=O) groups excluding carboxylic acids is 1. The van der Waals surface area contributed by atoms with Gasteiger partial charge in [0.2, 0.25) is 5.91 Å². The molecule has 2 nitrogen and oxygen atoms in total. The van der Waals surface area contributed by atoms with E-state index in [1.165, 1.54) is 0 Å². The first-order valence-corrected chi connectivity index (χ1v) is 7.55. The summed E-state index contributed by atoms with van der Waals surface area (Å²) in [5.74, 6) is 0.241. The summed E-state index contributed by atoms with van der Waals surface area (Å²) in [5, 5.41) is 3.12. The van der Waals surface area contributed by atoms with Gasteiger partial charge in [-0.25, -0.2) is 0 Å². The first-order valence-electron chi connectivity index (χ1n) is 7.01. The van der Waals surface area contributed by atoms with Crippen LogP contribution in [0.2, 0.25) is 0 Å². The lowest BCUT2D eigenvalue weighted by molar-refractivity contribution is -0.128. The Balaban J connectivity index is 2.32. The molecule has 0 aliphatic rings. The average molecular weight is 302 g/mol. The molecule has 0 aliphatic carbocycles. The number of alkyl halides is 1. The number of amides is 1. The number of hydrogen-bond donors (Lipinski definition) is 1. The van der Waals surface area contributed by atoms with Crippen molar-refractivity contribution in [2.75, 3.05) is 5.88 Å². The van der Waals surface area contributed by atoms with Crippen molar-refractivity contribution >= 4 is 17.5 Å². The van der Waals surface area contributed by atoms with Crippen LogP contribution in [0, 0.1) is 5.41 Å². The van der Waals surface area contributed by atoms with Gasteiger partial charge in [0.25, 0.3) is 0 Å². The molecule has 2 aromatic carbocycles. The molecule has 0 heterocycles. The first kappa shape index (κ1) is 15.6. The van der Waals surface area contributed by atoms with E-state index in [0.717, 1.165) is 11.1 Å². The molecule has 0 bridgehead atoms. The Labute approximate surface area is 131 Å². The van der Waals surface area contributed by atoms with Crippen LogP contribution >= 0.6 is 11.6 Å². The molecular weight excluding hydrogens is 282 g/mol. The van der Waals surface area contributed by atoms with Gasteiger partial charge in [0.05, 0.1) is 11.5 Å². The predicted molar refractivity (Wildman–Crippen MR) is 87.4 cm³/mol. The van der Waals surface area contributed by atoms with Gasteiger partial charge in [-0.1, -0.05) is 60.7 Å². The second-order valence-corrected chi connectivity index (χ2v) is 6.01. The second kappa shape index (κ2) is 6.77. The molecule has 2 rings (SSSR count). The Morgan fingerprint density at radius 1 is 1.00 bits per heavy atom. The van der Waals surface area contributed by atoms with E-state index >= 15 is 0 Å². The summed E-state index contributed by atoms with van der Waals surface area (Å²) in [4.78, 5) is 12.5. The fourth-order valence-corrected chi connectivity index (χ4v) is 2.16. The first-order chi connectivity index (χ1) is 10.0. The highest BCUT2D eigenvalue weighted by Gasteiger charge is 2.29. The zero-order chi connectivity index (χ0) is 15.3. The van der Waals surface area contributed by atoms with E-state index in [1.54, 1.807) is 0 Å². The van der Waals surface area contributed by atoms with Crippen LogP contribution in [0.15, 0.2) is 60.7 Å². The maximum atomic E-state index is 12.5. The zero-order valence-corrected chi connectivity index (χ0v) is 13.1. The van der Waals surface area contributed by atoms with Gasteiger partial charge in [-0.3, -0.25) is 4.79 Å². The Bertz CT molecular complexity index is 541. The molecule has 1 N–H and O–H groups in total. The van der Waals surface area contributed by atoms with Gasteiger partial charge in [-0.05, 0) is 25.0 Å². The summed E-state index contributed by atoms with van der Waals surface area (Å²) < 4.78 is 0. The molecule has 0 radical (unpaired) electrons. The van der Waals surface area contributed by atoms with Gasteiger partial charge in [0.1, 0.15) is 0 Å². The molecule has 0 spiro atoms. The fraction of sp³-hybridized carbons (Fsp3) is 0.278. The van der Waals surface area contributed by atoms with Crippen molar-refractivity contribution in [3.05, 3.63) is 71.8 Å². The summed E-state index contributed by atoms with van der Waals surface area (Å²) in [6, 6.07) is 19.8. The van der Waals surface area contributed by atoms with Crippen molar-refractivity contribution < 1.29 is 4.79 Å². The van der Waals surface area contributed by atoms with Crippen molar-refractivity contribution in [1.29, 1.82) is 0 Å². The molecule has 1 amide bonds. The number of benzene rings is 2. The van der Waals surface area contributed by atoms with Crippen LogP contribution in [0.25, 0.3) is 0 Å². The van der Waals surface area contributed by atoms with Crippen molar-refractivity contribution in [3.8, 4) is 0 Å². The summed E-state index contributed by atoms with van der Waals surface area (Å²) in [7, 11) is 0. The summed E-state index contributed by atoms with van der Waals surface area (Å²) in [6.07, 6.45) is 0. The van der Waals surface area contributed by atoms with Gasteiger partial charge in [0, 0.05) is 5.88 Å². The Hall–Kier alpha value is -1.80. The topological polar surface area (TPSA) is 29.1 Å². The Morgan fingerprint density at radius 3 is 1.81 bits per heavy atom. The number of halogens is 1. The Morgan fingerprint density at radius 2 is 1.43 bits per heavy atom. The minimum Gasteiger partial charge on any atom is -0.345 e. The molecule has 0 atom stereocenters. The quantitative estimate of drug-likeness (QED) is 0.826. The highest BCUT2D eigenvalue weighted by atomic mass is 35.5. The zero-order valence-electron chi connectivity index (χ0n) is 12.3. The molecule has 21 heavy (non-hydrogen) atoms. The molecule has 0 unspecified atom stereocenters. The molecule has 0 saturated carbocycles. The van der Waals surface area contributed by atoms with Gasteiger partial charge in [-0.15, -0.1) is 11.6 Å².